The zero-order valence-electron chi connectivity index (χ0n) is 14.3. The van der Waals surface area contributed by atoms with Crippen molar-refractivity contribution in [1.29, 1.82) is 0 Å². The van der Waals surface area contributed by atoms with E-state index in [1.165, 1.54) is 37.6 Å². The fourth-order valence-corrected chi connectivity index (χ4v) is 3.26. The van der Waals surface area contributed by atoms with Gasteiger partial charge in [-0.3, -0.25) is 19.7 Å². The molecule has 0 atom stereocenters. The van der Waals surface area contributed by atoms with Gasteiger partial charge in [-0.25, -0.2) is 10.0 Å². The number of nitrogens with zero attached hydrogens (tertiary/aromatic N) is 3. The number of nitro benzene ring substituents is 1. The summed E-state index contributed by atoms with van der Waals surface area (Å²) in [6.07, 6.45) is 0. The van der Waals surface area contributed by atoms with Gasteiger partial charge in [0.05, 0.1) is 22.4 Å². The van der Waals surface area contributed by atoms with Crippen LogP contribution in [0.4, 0.5) is 5.69 Å². The Morgan fingerprint density at radius 3 is 2.58 bits per heavy atom. The molecule has 0 aliphatic heterocycles. The summed E-state index contributed by atoms with van der Waals surface area (Å²) in [5, 5.41) is 14.0. The second-order valence-electron chi connectivity index (χ2n) is 5.34. The lowest BCUT2D eigenvalue weighted by Crippen LogP contribution is -2.24. The lowest BCUT2D eigenvalue weighted by Gasteiger charge is -2.13. The van der Waals surface area contributed by atoms with Crippen molar-refractivity contribution in [3.05, 3.63) is 56.4 Å². The molecule has 0 fully saturated rings. The van der Waals surface area contributed by atoms with Gasteiger partial charge in [0.2, 0.25) is 5.88 Å². The van der Waals surface area contributed by atoms with Crippen molar-refractivity contribution in [1.82, 2.24) is 10.0 Å². The van der Waals surface area contributed by atoms with E-state index < -0.39 is 4.92 Å². The molecule has 8 nitrogen and oxygen atoms in total. The molecular formula is C17H15N3O5S. The number of benzene rings is 2. The highest BCUT2D eigenvalue weighted by atomic mass is 32.1. The highest BCUT2D eigenvalue weighted by molar-refractivity contribution is 7.13. The number of aromatic nitrogens is 1. The molecule has 3 aromatic rings. The molecule has 3 rings (SSSR count). The van der Waals surface area contributed by atoms with Gasteiger partial charge >= 0.3 is 0 Å². The third-order valence-electron chi connectivity index (χ3n) is 3.72. The van der Waals surface area contributed by atoms with Gasteiger partial charge in [-0.15, -0.1) is 11.3 Å². The maximum atomic E-state index is 12.4. The summed E-state index contributed by atoms with van der Waals surface area (Å²) in [5.41, 5.74) is -0.0159. The van der Waals surface area contributed by atoms with E-state index in [9.17, 15) is 14.9 Å². The molecule has 0 N–H and O–H groups in total. The maximum absolute atomic E-state index is 12.4. The van der Waals surface area contributed by atoms with Crippen LogP contribution in [0, 0.1) is 17.0 Å². The van der Waals surface area contributed by atoms with E-state index >= 15 is 0 Å². The highest BCUT2D eigenvalue weighted by Gasteiger charge is 2.23. The molecule has 0 aliphatic carbocycles. The average Bonchev–Trinajstić information content (AvgIpc) is 3.00. The van der Waals surface area contributed by atoms with Crippen LogP contribution in [0.3, 0.4) is 0 Å². The molecule has 0 saturated carbocycles. The van der Waals surface area contributed by atoms with Gasteiger partial charge in [-0.05, 0) is 19.1 Å². The van der Waals surface area contributed by atoms with Gasteiger partial charge in [-0.1, -0.05) is 18.2 Å². The number of aryl methyl sites for hydroxylation is 1. The predicted molar refractivity (Wildman–Crippen MR) is 96.6 cm³/mol. The Balaban J connectivity index is 2.07. The summed E-state index contributed by atoms with van der Waals surface area (Å²) in [5.74, 6) is 0.130. The molecule has 134 valence electrons. The standard InChI is InChI=1S/C17H15N3O5S/c1-10-18-16(15(26-10)17(21)19(2)24-3)25-14-9-8-13(20(22)23)11-6-4-5-7-12(11)14/h4-9H,1-3H3. The van der Waals surface area contributed by atoms with E-state index in [2.05, 4.69) is 4.98 Å². The van der Waals surface area contributed by atoms with E-state index in [4.69, 9.17) is 9.57 Å². The number of nitro groups is 1. The average molecular weight is 373 g/mol. The third kappa shape index (κ3) is 3.22. The van der Waals surface area contributed by atoms with Crippen LogP contribution in [0.1, 0.15) is 14.7 Å². The molecule has 0 spiro atoms. The molecular weight excluding hydrogens is 358 g/mol. The summed E-state index contributed by atoms with van der Waals surface area (Å²) >= 11 is 1.18. The highest BCUT2D eigenvalue weighted by Crippen LogP contribution is 2.37. The monoisotopic (exact) mass is 373 g/mol. The van der Waals surface area contributed by atoms with Crippen molar-refractivity contribution >= 4 is 33.7 Å². The Morgan fingerprint density at radius 2 is 1.92 bits per heavy atom. The molecule has 2 aromatic carbocycles. The molecule has 26 heavy (non-hydrogen) atoms. The quantitative estimate of drug-likeness (QED) is 0.497. The summed E-state index contributed by atoms with van der Waals surface area (Å²) in [7, 11) is 2.87. The van der Waals surface area contributed by atoms with E-state index in [-0.39, 0.29) is 22.4 Å². The number of fused-ring (bicyclic) bond motifs is 1. The molecule has 0 unspecified atom stereocenters. The molecule has 0 saturated heterocycles. The van der Waals surface area contributed by atoms with Crippen molar-refractivity contribution in [2.75, 3.05) is 14.2 Å². The van der Waals surface area contributed by atoms with Gasteiger partial charge in [0.25, 0.3) is 11.6 Å². The van der Waals surface area contributed by atoms with E-state index in [0.717, 1.165) is 5.06 Å². The first kappa shape index (κ1) is 17.8. The SMILES string of the molecule is CON(C)C(=O)c1sc(C)nc1Oc1ccc([N+](=O)[O-])c2ccccc12. The van der Waals surface area contributed by atoms with Gasteiger partial charge in [0.15, 0.2) is 4.88 Å². The Hall–Kier alpha value is -3.04. The summed E-state index contributed by atoms with van der Waals surface area (Å²) in [4.78, 5) is 32.7. The van der Waals surface area contributed by atoms with Crippen LogP contribution in [-0.4, -0.2) is 35.0 Å². The molecule has 0 radical (unpaired) electrons. The number of thiazole rings is 1. The smallest absolute Gasteiger partial charge is 0.292 e. The van der Waals surface area contributed by atoms with E-state index in [1.54, 1.807) is 31.2 Å². The summed E-state index contributed by atoms with van der Waals surface area (Å²) in [6.45, 7) is 1.76. The summed E-state index contributed by atoms with van der Waals surface area (Å²) < 4.78 is 5.87. The Labute approximate surface area is 152 Å². The second-order valence-corrected chi connectivity index (χ2v) is 6.54. The van der Waals surface area contributed by atoms with E-state index in [1.807, 2.05) is 0 Å². The van der Waals surface area contributed by atoms with Crippen LogP contribution in [0.15, 0.2) is 36.4 Å². The number of hydrogen-bond donors (Lipinski definition) is 0. The van der Waals surface area contributed by atoms with Crippen LogP contribution >= 0.6 is 11.3 Å². The number of ether oxygens (including phenoxy) is 1. The maximum Gasteiger partial charge on any atom is 0.292 e. The van der Waals surface area contributed by atoms with Gasteiger partial charge in [0.1, 0.15) is 5.75 Å². The largest absolute Gasteiger partial charge is 0.437 e. The number of carbonyl (C=O) groups is 1. The topological polar surface area (TPSA) is 94.8 Å². The zero-order chi connectivity index (χ0) is 18.8. The number of hydroxylamine groups is 2. The van der Waals surface area contributed by atoms with Crippen molar-refractivity contribution in [3.63, 3.8) is 0 Å². The van der Waals surface area contributed by atoms with Gasteiger partial charge in [-0.2, -0.15) is 0 Å². The predicted octanol–water partition coefficient (Wildman–Crippen LogP) is 3.94. The first-order chi connectivity index (χ1) is 12.4. The van der Waals surface area contributed by atoms with Crippen LogP contribution in [-0.2, 0) is 4.84 Å². The third-order valence-corrected chi connectivity index (χ3v) is 4.66. The first-order valence-electron chi connectivity index (χ1n) is 7.56. The van der Waals surface area contributed by atoms with Gasteiger partial charge in [0, 0.05) is 18.5 Å². The van der Waals surface area contributed by atoms with Crippen molar-refractivity contribution in [2.24, 2.45) is 0 Å². The van der Waals surface area contributed by atoms with Gasteiger partial charge < -0.3 is 4.74 Å². The Kier molecular flexibility index (Phi) is 4.83. The van der Waals surface area contributed by atoms with Crippen molar-refractivity contribution in [2.45, 2.75) is 6.92 Å². The molecule has 9 heteroatoms. The molecule has 1 amide bonds. The van der Waals surface area contributed by atoms with Crippen LogP contribution in [0.25, 0.3) is 10.8 Å². The molecule has 1 heterocycles. The number of rotatable bonds is 5. The molecule has 0 aliphatic rings. The minimum Gasteiger partial charge on any atom is -0.437 e. The zero-order valence-corrected chi connectivity index (χ0v) is 15.1. The van der Waals surface area contributed by atoms with Crippen molar-refractivity contribution in [3.8, 4) is 11.6 Å². The second kappa shape index (κ2) is 7.06. The first-order valence-corrected chi connectivity index (χ1v) is 8.37. The summed E-state index contributed by atoms with van der Waals surface area (Å²) in [6, 6.07) is 9.73. The Bertz CT molecular complexity index is 1000. The van der Waals surface area contributed by atoms with E-state index in [0.29, 0.717) is 21.5 Å². The fraction of sp³-hybridized carbons (Fsp3) is 0.176. The lowest BCUT2D eigenvalue weighted by atomic mass is 10.1. The number of hydrogen-bond acceptors (Lipinski definition) is 7. The minimum atomic E-state index is -0.443. The number of non-ortho nitro benzene ring substituents is 1. The normalized spacial score (nSPS) is 10.7. The fourth-order valence-electron chi connectivity index (χ4n) is 2.45. The Morgan fingerprint density at radius 1 is 1.23 bits per heavy atom. The van der Waals surface area contributed by atoms with Crippen LogP contribution in [0.5, 0.6) is 11.6 Å². The number of carbonyl (C=O) groups excluding carboxylic acids is 1. The van der Waals surface area contributed by atoms with Crippen LogP contribution in [0.2, 0.25) is 0 Å². The number of amides is 1. The molecule has 0 bridgehead atoms. The minimum absolute atomic E-state index is 0.0159. The van der Waals surface area contributed by atoms with Crippen LogP contribution < -0.4 is 4.74 Å². The van der Waals surface area contributed by atoms with Crippen molar-refractivity contribution < 1.29 is 19.3 Å². The molecule has 1 aromatic heterocycles. The lowest BCUT2D eigenvalue weighted by molar-refractivity contribution is -0.383.